The van der Waals surface area contributed by atoms with Crippen molar-refractivity contribution in [1.82, 2.24) is 20.2 Å². The van der Waals surface area contributed by atoms with Crippen molar-refractivity contribution in [1.29, 1.82) is 0 Å². The second kappa shape index (κ2) is 7.86. The molecule has 1 N–H and O–H groups in total. The number of hydrogen-bond donors (Lipinski definition) is 1. The second-order valence-corrected chi connectivity index (χ2v) is 6.29. The summed E-state index contributed by atoms with van der Waals surface area (Å²) in [5.41, 5.74) is 2.55. The standard InChI is InChI=1S/C19H20FN5O/c1-13(2)14-6-8-15(9-7-14)19-22-24-25(23-19)11-10-18(26)21-17-5-3-4-16(20)12-17/h3-9,12-13H,10-11H2,1-2H3,(H,21,26). The van der Waals surface area contributed by atoms with Crippen molar-refractivity contribution >= 4 is 11.6 Å². The second-order valence-electron chi connectivity index (χ2n) is 6.29. The summed E-state index contributed by atoms with van der Waals surface area (Å²) in [6.45, 7) is 4.56. The van der Waals surface area contributed by atoms with Gasteiger partial charge in [0.05, 0.1) is 6.54 Å². The number of hydrogen-bond acceptors (Lipinski definition) is 4. The van der Waals surface area contributed by atoms with Gasteiger partial charge in [0, 0.05) is 17.7 Å². The molecule has 0 spiro atoms. The molecular formula is C19H20FN5O. The number of amides is 1. The van der Waals surface area contributed by atoms with Crippen LogP contribution in [0.3, 0.4) is 0 Å². The van der Waals surface area contributed by atoms with Gasteiger partial charge in [0.1, 0.15) is 5.82 Å². The maximum Gasteiger partial charge on any atom is 0.226 e. The van der Waals surface area contributed by atoms with Crippen LogP contribution < -0.4 is 5.32 Å². The monoisotopic (exact) mass is 353 g/mol. The molecule has 0 unspecified atom stereocenters. The fourth-order valence-electron chi connectivity index (χ4n) is 2.46. The van der Waals surface area contributed by atoms with E-state index in [2.05, 4.69) is 34.6 Å². The Bertz CT molecular complexity index is 889. The highest BCUT2D eigenvalue weighted by Gasteiger charge is 2.09. The summed E-state index contributed by atoms with van der Waals surface area (Å²) in [5, 5.41) is 15.0. The number of aryl methyl sites for hydroxylation is 1. The number of rotatable bonds is 6. The van der Waals surface area contributed by atoms with Crippen LogP contribution in [-0.4, -0.2) is 26.1 Å². The van der Waals surface area contributed by atoms with Gasteiger partial charge in [-0.2, -0.15) is 4.80 Å². The first-order valence-electron chi connectivity index (χ1n) is 8.45. The third kappa shape index (κ3) is 4.50. The van der Waals surface area contributed by atoms with Gasteiger partial charge in [0.2, 0.25) is 11.7 Å². The average Bonchev–Trinajstić information content (AvgIpc) is 3.09. The predicted molar refractivity (Wildman–Crippen MR) is 97.0 cm³/mol. The average molecular weight is 353 g/mol. The zero-order chi connectivity index (χ0) is 18.5. The third-order valence-electron chi connectivity index (χ3n) is 3.94. The van der Waals surface area contributed by atoms with Crippen LogP contribution in [0, 0.1) is 5.82 Å². The van der Waals surface area contributed by atoms with Crippen molar-refractivity contribution in [2.45, 2.75) is 32.7 Å². The molecule has 0 fully saturated rings. The summed E-state index contributed by atoms with van der Waals surface area (Å²) >= 11 is 0. The van der Waals surface area contributed by atoms with Crippen LogP contribution in [0.4, 0.5) is 10.1 Å². The lowest BCUT2D eigenvalue weighted by Crippen LogP contribution is -2.15. The molecule has 3 aromatic rings. The quantitative estimate of drug-likeness (QED) is 0.734. The number of halogens is 1. The summed E-state index contributed by atoms with van der Waals surface area (Å²) in [5.74, 6) is 0.347. The lowest BCUT2D eigenvalue weighted by molar-refractivity contribution is -0.116. The summed E-state index contributed by atoms with van der Waals surface area (Å²) < 4.78 is 13.1. The Morgan fingerprint density at radius 2 is 1.96 bits per heavy atom. The van der Waals surface area contributed by atoms with Gasteiger partial charge in [-0.25, -0.2) is 4.39 Å². The largest absolute Gasteiger partial charge is 0.326 e. The van der Waals surface area contributed by atoms with Gasteiger partial charge in [-0.15, -0.1) is 10.2 Å². The lowest BCUT2D eigenvalue weighted by Gasteiger charge is -2.05. The van der Waals surface area contributed by atoms with Gasteiger partial charge in [0.25, 0.3) is 0 Å². The topological polar surface area (TPSA) is 72.7 Å². The summed E-state index contributed by atoms with van der Waals surface area (Å²) in [6, 6.07) is 13.8. The summed E-state index contributed by atoms with van der Waals surface area (Å²) in [4.78, 5) is 13.3. The Balaban J connectivity index is 1.57. The van der Waals surface area contributed by atoms with E-state index < -0.39 is 5.82 Å². The predicted octanol–water partition coefficient (Wildman–Crippen LogP) is 3.63. The van der Waals surface area contributed by atoms with E-state index in [0.29, 0.717) is 17.4 Å². The number of anilines is 1. The Labute approximate surface area is 151 Å². The number of nitrogens with one attached hydrogen (secondary N) is 1. The molecule has 134 valence electrons. The molecule has 1 aromatic heterocycles. The Hall–Kier alpha value is -3.09. The zero-order valence-corrected chi connectivity index (χ0v) is 14.7. The van der Waals surface area contributed by atoms with E-state index in [1.54, 1.807) is 12.1 Å². The minimum absolute atomic E-state index is 0.165. The molecule has 0 saturated carbocycles. The molecule has 3 rings (SSSR count). The van der Waals surface area contributed by atoms with Gasteiger partial charge in [-0.05, 0) is 34.9 Å². The van der Waals surface area contributed by atoms with Crippen molar-refractivity contribution < 1.29 is 9.18 Å². The Morgan fingerprint density at radius 1 is 1.19 bits per heavy atom. The smallest absolute Gasteiger partial charge is 0.226 e. The first-order valence-corrected chi connectivity index (χ1v) is 8.45. The van der Waals surface area contributed by atoms with Crippen LogP contribution in [0.15, 0.2) is 48.5 Å². The number of carbonyl (C=O) groups excluding carboxylic acids is 1. The molecule has 0 atom stereocenters. The van der Waals surface area contributed by atoms with Crippen LogP contribution in [0.25, 0.3) is 11.4 Å². The van der Waals surface area contributed by atoms with Crippen molar-refractivity contribution in [3.63, 3.8) is 0 Å². The summed E-state index contributed by atoms with van der Waals surface area (Å²) in [6.07, 6.45) is 0.165. The minimum Gasteiger partial charge on any atom is -0.326 e. The molecule has 1 heterocycles. The molecule has 2 aromatic carbocycles. The van der Waals surface area contributed by atoms with Crippen LogP contribution >= 0.6 is 0 Å². The molecule has 0 bridgehead atoms. The number of benzene rings is 2. The van der Waals surface area contributed by atoms with Gasteiger partial charge >= 0.3 is 0 Å². The van der Waals surface area contributed by atoms with Gasteiger partial charge in [-0.3, -0.25) is 4.79 Å². The first-order chi connectivity index (χ1) is 12.5. The number of tetrazole rings is 1. The minimum atomic E-state index is -0.395. The zero-order valence-electron chi connectivity index (χ0n) is 14.7. The van der Waals surface area contributed by atoms with E-state index in [0.717, 1.165) is 5.56 Å². The van der Waals surface area contributed by atoms with Crippen LogP contribution in [0.2, 0.25) is 0 Å². The number of carbonyl (C=O) groups is 1. The van der Waals surface area contributed by atoms with E-state index in [9.17, 15) is 9.18 Å². The molecule has 0 aliphatic heterocycles. The van der Waals surface area contributed by atoms with Crippen molar-refractivity contribution in [3.05, 3.63) is 59.9 Å². The molecule has 0 aliphatic rings. The van der Waals surface area contributed by atoms with E-state index in [-0.39, 0.29) is 18.9 Å². The maximum absolute atomic E-state index is 13.1. The van der Waals surface area contributed by atoms with Crippen LogP contribution in [-0.2, 0) is 11.3 Å². The molecule has 26 heavy (non-hydrogen) atoms. The first kappa shape index (κ1) is 17.7. The van der Waals surface area contributed by atoms with Crippen LogP contribution in [0.1, 0.15) is 31.7 Å². The van der Waals surface area contributed by atoms with E-state index in [4.69, 9.17) is 0 Å². The maximum atomic E-state index is 13.1. The molecular weight excluding hydrogens is 333 g/mol. The van der Waals surface area contributed by atoms with Crippen LogP contribution in [0.5, 0.6) is 0 Å². The van der Waals surface area contributed by atoms with Gasteiger partial charge in [0.15, 0.2) is 0 Å². The van der Waals surface area contributed by atoms with Gasteiger partial charge < -0.3 is 5.32 Å². The fraction of sp³-hybridized carbons (Fsp3) is 0.263. The van der Waals surface area contributed by atoms with Crippen molar-refractivity contribution in [3.8, 4) is 11.4 Å². The fourth-order valence-corrected chi connectivity index (χ4v) is 2.46. The molecule has 6 nitrogen and oxygen atoms in total. The highest BCUT2D eigenvalue weighted by Crippen LogP contribution is 2.19. The van der Waals surface area contributed by atoms with Crippen molar-refractivity contribution in [2.75, 3.05) is 5.32 Å². The summed E-state index contributed by atoms with van der Waals surface area (Å²) in [7, 11) is 0. The van der Waals surface area contributed by atoms with Crippen molar-refractivity contribution in [2.24, 2.45) is 0 Å². The number of aromatic nitrogens is 4. The Kier molecular flexibility index (Phi) is 5.36. The Morgan fingerprint density at radius 3 is 2.65 bits per heavy atom. The molecule has 1 amide bonds. The van der Waals surface area contributed by atoms with E-state index in [1.165, 1.54) is 22.5 Å². The van der Waals surface area contributed by atoms with E-state index in [1.807, 2.05) is 24.3 Å². The van der Waals surface area contributed by atoms with Gasteiger partial charge in [-0.1, -0.05) is 44.2 Å². The molecule has 0 radical (unpaired) electrons. The number of nitrogens with zero attached hydrogens (tertiary/aromatic N) is 4. The third-order valence-corrected chi connectivity index (χ3v) is 3.94. The molecule has 0 aliphatic carbocycles. The highest BCUT2D eigenvalue weighted by atomic mass is 19.1. The lowest BCUT2D eigenvalue weighted by atomic mass is 10.0. The SMILES string of the molecule is CC(C)c1ccc(-c2nnn(CCC(=O)Nc3cccc(F)c3)n2)cc1. The molecule has 0 saturated heterocycles. The molecule has 7 heteroatoms. The normalized spacial score (nSPS) is 10.9. The highest BCUT2D eigenvalue weighted by molar-refractivity contribution is 5.90. The van der Waals surface area contributed by atoms with E-state index >= 15 is 0 Å².